The van der Waals surface area contributed by atoms with Crippen LogP contribution >= 0.6 is 0 Å². The quantitative estimate of drug-likeness (QED) is 0.620. The average Bonchev–Trinajstić information content (AvgIpc) is 2.78. The Morgan fingerprint density at radius 1 is 1.58 bits per heavy atom. The second-order valence-electron chi connectivity index (χ2n) is 4.79. The van der Waals surface area contributed by atoms with Crippen molar-refractivity contribution in [3.05, 3.63) is 35.6 Å². The van der Waals surface area contributed by atoms with Crippen molar-refractivity contribution in [3.8, 4) is 0 Å². The molecule has 1 atom stereocenters. The molecule has 1 aromatic carbocycles. The van der Waals surface area contributed by atoms with E-state index in [9.17, 15) is 9.18 Å². The highest BCUT2D eigenvalue weighted by atomic mass is 19.1. The molecule has 0 bridgehead atoms. The van der Waals surface area contributed by atoms with E-state index in [2.05, 4.69) is 5.10 Å². The summed E-state index contributed by atoms with van der Waals surface area (Å²) in [6.45, 7) is 2.51. The largest absolute Gasteiger partial charge is 0.467 e. The van der Waals surface area contributed by atoms with E-state index in [1.165, 1.54) is 19.2 Å². The molecule has 0 amide bonds. The Balaban J connectivity index is 2.16. The Hall–Kier alpha value is -1.91. The van der Waals surface area contributed by atoms with Crippen molar-refractivity contribution < 1.29 is 13.9 Å². The van der Waals surface area contributed by atoms with Crippen LogP contribution in [0.25, 0.3) is 0 Å². The summed E-state index contributed by atoms with van der Waals surface area (Å²) in [6, 6.07) is 6.17. The van der Waals surface area contributed by atoms with Gasteiger partial charge >= 0.3 is 5.97 Å². The van der Waals surface area contributed by atoms with Crippen LogP contribution < -0.4 is 0 Å². The minimum absolute atomic E-state index is 0.290. The summed E-state index contributed by atoms with van der Waals surface area (Å²) in [5.41, 5.74) is -0.0578. The number of benzene rings is 1. The number of esters is 1. The number of carbonyl (C=O) groups excluding carboxylic acids is 1. The lowest BCUT2D eigenvalue weighted by atomic mass is 10.0. The van der Waals surface area contributed by atoms with Gasteiger partial charge in [-0.2, -0.15) is 5.10 Å². The van der Waals surface area contributed by atoms with Crippen LogP contribution in [0, 0.1) is 5.82 Å². The van der Waals surface area contributed by atoms with Crippen molar-refractivity contribution in [2.24, 2.45) is 5.10 Å². The first-order chi connectivity index (χ1) is 9.06. The molecule has 0 N–H and O–H groups in total. The standard InChI is InChI=1S/C14H17FN2O2/c1-14(13(18)19-2)7-4-8-17(14)16-10-11-5-3-6-12(15)9-11/h3,5-6,9-10H,4,7-8H2,1-2H3/t14-/m1/s1. The zero-order chi connectivity index (χ0) is 13.9. The van der Waals surface area contributed by atoms with E-state index in [0.717, 1.165) is 6.42 Å². The lowest BCUT2D eigenvalue weighted by Crippen LogP contribution is -2.45. The first-order valence-electron chi connectivity index (χ1n) is 6.22. The fourth-order valence-electron chi connectivity index (χ4n) is 2.28. The summed E-state index contributed by atoms with van der Waals surface area (Å²) in [7, 11) is 1.38. The summed E-state index contributed by atoms with van der Waals surface area (Å²) in [6.07, 6.45) is 3.15. The monoisotopic (exact) mass is 264 g/mol. The molecule has 1 aliphatic rings. The van der Waals surface area contributed by atoms with Crippen molar-refractivity contribution >= 4 is 12.2 Å². The smallest absolute Gasteiger partial charge is 0.333 e. The third kappa shape index (κ3) is 2.75. The molecule has 102 valence electrons. The van der Waals surface area contributed by atoms with Crippen LogP contribution in [0.4, 0.5) is 4.39 Å². The Morgan fingerprint density at radius 2 is 2.37 bits per heavy atom. The SMILES string of the molecule is COC(=O)[C@@]1(C)CCCN1N=Cc1cccc(F)c1. The molecule has 0 aromatic heterocycles. The van der Waals surface area contributed by atoms with Gasteiger partial charge in [-0.05, 0) is 37.5 Å². The van der Waals surface area contributed by atoms with Gasteiger partial charge in [-0.25, -0.2) is 9.18 Å². The molecule has 1 aliphatic heterocycles. The molecule has 0 spiro atoms. The Bertz CT molecular complexity index is 504. The number of rotatable bonds is 3. The van der Waals surface area contributed by atoms with Crippen molar-refractivity contribution in [2.75, 3.05) is 13.7 Å². The fraction of sp³-hybridized carbons (Fsp3) is 0.429. The third-order valence-electron chi connectivity index (χ3n) is 3.42. The summed E-state index contributed by atoms with van der Waals surface area (Å²) in [5.74, 6) is -0.595. The molecule has 1 fully saturated rings. The molecule has 0 radical (unpaired) electrons. The van der Waals surface area contributed by atoms with Crippen molar-refractivity contribution in [1.29, 1.82) is 0 Å². The molecule has 5 heteroatoms. The fourth-order valence-corrected chi connectivity index (χ4v) is 2.28. The van der Waals surface area contributed by atoms with Crippen LogP contribution in [0.2, 0.25) is 0 Å². The first kappa shape index (κ1) is 13.5. The van der Waals surface area contributed by atoms with Gasteiger partial charge in [-0.1, -0.05) is 12.1 Å². The van der Waals surface area contributed by atoms with E-state index in [-0.39, 0.29) is 11.8 Å². The van der Waals surface area contributed by atoms with E-state index >= 15 is 0 Å². The van der Waals surface area contributed by atoms with Crippen LogP contribution in [0.15, 0.2) is 29.4 Å². The zero-order valence-electron chi connectivity index (χ0n) is 11.1. The molecule has 0 unspecified atom stereocenters. The first-order valence-corrected chi connectivity index (χ1v) is 6.22. The molecular formula is C14H17FN2O2. The molecule has 1 aromatic rings. The molecule has 4 nitrogen and oxygen atoms in total. The number of hydrogen-bond acceptors (Lipinski definition) is 4. The summed E-state index contributed by atoms with van der Waals surface area (Å²) < 4.78 is 17.9. The van der Waals surface area contributed by atoms with Crippen molar-refractivity contribution in [3.63, 3.8) is 0 Å². The van der Waals surface area contributed by atoms with Gasteiger partial charge in [0.25, 0.3) is 0 Å². The van der Waals surface area contributed by atoms with Crippen LogP contribution in [-0.4, -0.2) is 36.4 Å². The highest BCUT2D eigenvalue weighted by Gasteiger charge is 2.44. The maximum Gasteiger partial charge on any atom is 0.333 e. The average molecular weight is 264 g/mol. The van der Waals surface area contributed by atoms with Gasteiger partial charge in [0.15, 0.2) is 5.54 Å². The molecule has 19 heavy (non-hydrogen) atoms. The highest BCUT2D eigenvalue weighted by Crippen LogP contribution is 2.30. The summed E-state index contributed by atoms with van der Waals surface area (Å²) >= 11 is 0. The Kier molecular flexibility index (Phi) is 3.83. The molecule has 1 saturated heterocycles. The van der Waals surface area contributed by atoms with Gasteiger partial charge in [0.05, 0.1) is 13.3 Å². The highest BCUT2D eigenvalue weighted by molar-refractivity contribution is 5.82. The van der Waals surface area contributed by atoms with Gasteiger partial charge < -0.3 is 4.74 Å². The minimum Gasteiger partial charge on any atom is -0.467 e. The maximum atomic E-state index is 13.1. The molecule has 2 rings (SSSR count). The number of hydrogen-bond donors (Lipinski definition) is 0. The van der Waals surface area contributed by atoms with E-state index in [4.69, 9.17) is 4.74 Å². The number of nitrogens with zero attached hydrogens (tertiary/aromatic N) is 2. The van der Waals surface area contributed by atoms with Gasteiger partial charge in [0.2, 0.25) is 0 Å². The number of methoxy groups -OCH3 is 1. The molecule has 1 heterocycles. The van der Waals surface area contributed by atoms with Crippen LogP contribution in [-0.2, 0) is 9.53 Å². The minimum atomic E-state index is -0.724. The van der Waals surface area contributed by atoms with Crippen LogP contribution in [0.5, 0.6) is 0 Å². The Labute approximate surface area is 111 Å². The number of halogens is 1. The van der Waals surface area contributed by atoms with Crippen molar-refractivity contribution in [2.45, 2.75) is 25.3 Å². The third-order valence-corrected chi connectivity index (χ3v) is 3.42. The van der Waals surface area contributed by atoms with E-state index in [1.807, 2.05) is 6.92 Å². The van der Waals surface area contributed by atoms with Gasteiger partial charge in [0.1, 0.15) is 5.82 Å². The topological polar surface area (TPSA) is 41.9 Å². The number of carbonyl (C=O) groups is 1. The summed E-state index contributed by atoms with van der Waals surface area (Å²) in [5, 5.41) is 6.01. The van der Waals surface area contributed by atoms with Gasteiger partial charge in [-0.15, -0.1) is 0 Å². The van der Waals surface area contributed by atoms with E-state index < -0.39 is 5.54 Å². The number of hydrazone groups is 1. The van der Waals surface area contributed by atoms with Crippen molar-refractivity contribution in [1.82, 2.24) is 5.01 Å². The number of ether oxygens (including phenoxy) is 1. The van der Waals surface area contributed by atoms with Crippen LogP contribution in [0.1, 0.15) is 25.3 Å². The predicted octanol–water partition coefficient (Wildman–Crippen LogP) is 2.19. The van der Waals surface area contributed by atoms with Gasteiger partial charge in [-0.3, -0.25) is 5.01 Å². The lowest BCUT2D eigenvalue weighted by molar-refractivity contribution is -0.152. The lowest BCUT2D eigenvalue weighted by Gasteiger charge is -2.29. The van der Waals surface area contributed by atoms with Gasteiger partial charge in [0, 0.05) is 6.54 Å². The molecule has 0 saturated carbocycles. The van der Waals surface area contributed by atoms with Crippen LogP contribution in [0.3, 0.4) is 0 Å². The summed E-state index contributed by atoms with van der Waals surface area (Å²) in [4.78, 5) is 11.8. The predicted molar refractivity (Wildman–Crippen MR) is 70.4 cm³/mol. The van der Waals surface area contributed by atoms with E-state index in [0.29, 0.717) is 18.5 Å². The maximum absolute atomic E-state index is 13.1. The zero-order valence-corrected chi connectivity index (χ0v) is 11.1. The molecular weight excluding hydrogens is 247 g/mol. The Morgan fingerprint density at radius 3 is 3.05 bits per heavy atom. The molecule has 0 aliphatic carbocycles. The second kappa shape index (κ2) is 5.38. The second-order valence-corrected chi connectivity index (χ2v) is 4.79. The van der Waals surface area contributed by atoms with E-state index in [1.54, 1.807) is 23.4 Å². The normalized spacial score (nSPS) is 23.0.